The zero-order valence-electron chi connectivity index (χ0n) is 13.5. The lowest BCUT2D eigenvalue weighted by atomic mass is 10.1. The molecule has 0 aliphatic carbocycles. The lowest BCUT2D eigenvalue weighted by molar-refractivity contribution is -0.156. The number of nitrogens with zero attached hydrogens (tertiary/aromatic N) is 3. The van der Waals surface area contributed by atoms with Gasteiger partial charge in [-0.15, -0.1) is 0 Å². The maximum absolute atomic E-state index is 12.7. The summed E-state index contributed by atoms with van der Waals surface area (Å²) in [6.07, 6.45) is -7.99. The van der Waals surface area contributed by atoms with Crippen LogP contribution in [0.1, 0.15) is 25.0 Å². The topological polar surface area (TPSA) is 19.4 Å². The Hall–Kier alpha value is -1.51. The third-order valence-corrected chi connectivity index (χ3v) is 4.14. The number of halogens is 6. The van der Waals surface area contributed by atoms with Gasteiger partial charge in [-0.2, -0.15) is 26.3 Å². The van der Waals surface area contributed by atoms with Gasteiger partial charge in [0.1, 0.15) is 5.82 Å². The van der Waals surface area contributed by atoms with Gasteiger partial charge in [-0.1, -0.05) is 0 Å². The Bertz CT molecular complexity index is 572. The van der Waals surface area contributed by atoms with Crippen LogP contribution in [-0.2, 0) is 6.18 Å². The van der Waals surface area contributed by atoms with Crippen LogP contribution >= 0.6 is 0 Å². The van der Waals surface area contributed by atoms with Crippen LogP contribution in [-0.4, -0.2) is 47.8 Å². The summed E-state index contributed by atoms with van der Waals surface area (Å²) < 4.78 is 76.1. The minimum Gasteiger partial charge on any atom is -0.353 e. The van der Waals surface area contributed by atoms with E-state index in [-0.39, 0.29) is 25.2 Å². The zero-order valence-corrected chi connectivity index (χ0v) is 13.5. The number of aryl methyl sites for hydroxylation is 1. The third-order valence-electron chi connectivity index (χ3n) is 4.14. The molecule has 2 rings (SSSR count). The van der Waals surface area contributed by atoms with E-state index in [2.05, 4.69) is 4.98 Å². The highest BCUT2D eigenvalue weighted by Gasteiger charge is 2.39. The second kappa shape index (κ2) is 6.42. The molecule has 1 fully saturated rings. The standard InChI is InChI=1S/C15H19F6N3/c1-9-4-12(15(19,20)21)5-22-13(9)23-6-10(2)24(11(3)7-23)8-14(16,17)18/h4-5,10-11H,6-8H2,1-3H3/t10-,11+. The molecule has 0 aromatic carbocycles. The molecule has 2 heterocycles. The van der Waals surface area contributed by atoms with Crippen molar-refractivity contribution in [3.8, 4) is 0 Å². The van der Waals surface area contributed by atoms with Crippen molar-refractivity contribution in [2.75, 3.05) is 24.5 Å². The second-order valence-corrected chi connectivity index (χ2v) is 6.25. The number of alkyl halides is 6. The average Bonchev–Trinajstić information content (AvgIpc) is 2.40. The van der Waals surface area contributed by atoms with E-state index in [4.69, 9.17) is 0 Å². The van der Waals surface area contributed by atoms with Gasteiger partial charge in [0.05, 0.1) is 12.1 Å². The lowest BCUT2D eigenvalue weighted by Gasteiger charge is -2.45. The fourth-order valence-electron chi connectivity index (χ4n) is 3.10. The van der Waals surface area contributed by atoms with Crippen molar-refractivity contribution in [3.63, 3.8) is 0 Å². The summed E-state index contributed by atoms with van der Waals surface area (Å²) >= 11 is 0. The molecule has 2 atom stereocenters. The number of pyridine rings is 1. The first-order valence-electron chi connectivity index (χ1n) is 7.50. The van der Waals surface area contributed by atoms with Gasteiger partial charge in [-0.25, -0.2) is 4.98 Å². The van der Waals surface area contributed by atoms with Gasteiger partial charge in [-0.05, 0) is 32.4 Å². The van der Waals surface area contributed by atoms with Crippen LogP contribution in [0.4, 0.5) is 32.2 Å². The van der Waals surface area contributed by atoms with E-state index in [1.165, 1.54) is 11.8 Å². The van der Waals surface area contributed by atoms with Crippen LogP contribution in [0.25, 0.3) is 0 Å². The fourth-order valence-corrected chi connectivity index (χ4v) is 3.10. The molecule has 0 N–H and O–H groups in total. The molecule has 1 aliphatic heterocycles. The minimum atomic E-state index is -4.47. The van der Waals surface area contributed by atoms with Gasteiger partial charge in [0, 0.05) is 31.4 Å². The van der Waals surface area contributed by atoms with Crippen LogP contribution in [0.5, 0.6) is 0 Å². The highest BCUT2D eigenvalue weighted by Crippen LogP contribution is 2.32. The van der Waals surface area contributed by atoms with Crippen molar-refractivity contribution in [3.05, 3.63) is 23.4 Å². The zero-order chi connectivity index (χ0) is 18.3. The van der Waals surface area contributed by atoms with Crippen molar-refractivity contribution < 1.29 is 26.3 Å². The quantitative estimate of drug-likeness (QED) is 0.751. The van der Waals surface area contributed by atoms with Crippen molar-refractivity contribution >= 4 is 5.82 Å². The molecular formula is C15H19F6N3. The molecule has 0 spiro atoms. The minimum absolute atomic E-state index is 0.277. The van der Waals surface area contributed by atoms with E-state index in [1.54, 1.807) is 18.7 Å². The molecule has 3 nitrogen and oxygen atoms in total. The number of piperazine rings is 1. The van der Waals surface area contributed by atoms with E-state index in [0.29, 0.717) is 11.4 Å². The number of hydrogen-bond acceptors (Lipinski definition) is 3. The Morgan fingerprint density at radius 3 is 2.04 bits per heavy atom. The van der Waals surface area contributed by atoms with Crippen molar-refractivity contribution in [1.82, 2.24) is 9.88 Å². The molecule has 1 aromatic heterocycles. The summed E-state index contributed by atoms with van der Waals surface area (Å²) in [6.45, 7) is 4.43. The molecule has 24 heavy (non-hydrogen) atoms. The maximum atomic E-state index is 12.7. The largest absolute Gasteiger partial charge is 0.417 e. The summed E-state index contributed by atoms with van der Waals surface area (Å²) in [7, 11) is 0. The average molecular weight is 355 g/mol. The smallest absolute Gasteiger partial charge is 0.353 e. The Morgan fingerprint density at radius 1 is 1.08 bits per heavy atom. The summed E-state index contributed by atoms with van der Waals surface area (Å²) in [6, 6.07) is 0.234. The first-order valence-corrected chi connectivity index (χ1v) is 7.50. The molecule has 0 unspecified atom stereocenters. The molecule has 1 saturated heterocycles. The Labute approximate surface area is 136 Å². The molecule has 9 heteroatoms. The SMILES string of the molecule is Cc1cc(C(F)(F)F)cnc1N1C[C@@H](C)N(CC(F)(F)F)[C@@H](C)C1. The van der Waals surface area contributed by atoms with Gasteiger partial charge < -0.3 is 4.90 Å². The predicted molar refractivity (Wildman–Crippen MR) is 77.9 cm³/mol. The monoisotopic (exact) mass is 355 g/mol. The number of aromatic nitrogens is 1. The Morgan fingerprint density at radius 2 is 1.62 bits per heavy atom. The van der Waals surface area contributed by atoms with Crippen molar-refractivity contribution in [1.29, 1.82) is 0 Å². The van der Waals surface area contributed by atoms with Crippen molar-refractivity contribution in [2.24, 2.45) is 0 Å². The van der Waals surface area contributed by atoms with Gasteiger partial charge in [-0.3, -0.25) is 4.90 Å². The lowest BCUT2D eigenvalue weighted by Crippen LogP contribution is -2.59. The Balaban J connectivity index is 2.18. The summed E-state index contributed by atoms with van der Waals surface area (Å²) in [5, 5.41) is 0. The first-order chi connectivity index (χ1) is 10.9. The summed E-state index contributed by atoms with van der Waals surface area (Å²) in [4.78, 5) is 7.01. The van der Waals surface area contributed by atoms with Crippen LogP contribution in [0, 0.1) is 6.92 Å². The maximum Gasteiger partial charge on any atom is 0.417 e. The molecule has 0 radical (unpaired) electrons. The molecule has 1 aromatic rings. The fraction of sp³-hybridized carbons (Fsp3) is 0.667. The van der Waals surface area contributed by atoms with Gasteiger partial charge in [0.25, 0.3) is 0 Å². The van der Waals surface area contributed by atoms with E-state index >= 15 is 0 Å². The molecule has 0 amide bonds. The summed E-state index contributed by atoms with van der Waals surface area (Å²) in [5.74, 6) is 0.383. The normalized spacial score (nSPS) is 23.6. The molecule has 136 valence electrons. The van der Waals surface area contributed by atoms with Crippen LogP contribution in [0.3, 0.4) is 0 Å². The van der Waals surface area contributed by atoms with Gasteiger partial charge in [0.15, 0.2) is 0 Å². The molecular weight excluding hydrogens is 336 g/mol. The predicted octanol–water partition coefficient (Wildman–Crippen LogP) is 3.87. The van der Waals surface area contributed by atoms with E-state index < -0.39 is 24.5 Å². The van der Waals surface area contributed by atoms with E-state index in [0.717, 1.165) is 12.3 Å². The van der Waals surface area contributed by atoms with Crippen LogP contribution < -0.4 is 4.90 Å². The van der Waals surface area contributed by atoms with E-state index in [9.17, 15) is 26.3 Å². The van der Waals surface area contributed by atoms with Crippen molar-refractivity contribution in [2.45, 2.75) is 45.2 Å². The number of anilines is 1. The third kappa shape index (κ3) is 4.31. The first kappa shape index (κ1) is 18.8. The van der Waals surface area contributed by atoms with Crippen LogP contribution in [0.15, 0.2) is 12.3 Å². The number of rotatable bonds is 2. The van der Waals surface area contributed by atoms with Gasteiger partial charge >= 0.3 is 12.4 Å². The molecule has 0 bridgehead atoms. The number of hydrogen-bond donors (Lipinski definition) is 0. The van der Waals surface area contributed by atoms with Crippen LogP contribution in [0.2, 0.25) is 0 Å². The second-order valence-electron chi connectivity index (χ2n) is 6.25. The highest BCUT2D eigenvalue weighted by molar-refractivity contribution is 5.48. The van der Waals surface area contributed by atoms with E-state index in [1.807, 2.05) is 0 Å². The highest BCUT2D eigenvalue weighted by atomic mass is 19.4. The Kier molecular flexibility index (Phi) is 5.03. The molecule has 1 aliphatic rings. The van der Waals surface area contributed by atoms with Gasteiger partial charge in [0.2, 0.25) is 0 Å². The molecule has 0 saturated carbocycles. The summed E-state index contributed by atoms with van der Waals surface area (Å²) in [5.41, 5.74) is -0.478.